The lowest BCUT2D eigenvalue weighted by Crippen LogP contribution is -2.06. The first-order valence-electron chi connectivity index (χ1n) is 7.35. The number of hydrogen-bond acceptors (Lipinski definition) is 3. The second-order valence-electron chi connectivity index (χ2n) is 5.12. The van der Waals surface area contributed by atoms with E-state index in [1.807, 2.05) is 11.5 Å². The molecule has 2 aromatic carbocycles. The lowest BCUT2D eigenvalue weighted by atomic mass is 10.1. The molecule has 0 bridgehead atoms. The van der Waals surface area contributed by atoms with Crippen molar-refractivity contribution in [2.24, 2.45) is 0 Å². The van der Waals surface area contributed by atoms with E-state index in [4.69, 9.17) is 0 Å². The van der Waals surface area contributed by atoms with Gasteiger partial charge in [0.05, 0.1) is 0 Å². The summed E-state index contributed by atoms with van der Waals surface area (Å²) in [5.74, 6) is 0.828. The van der Waals surface area contributed by atoms with Crippen molar-refractivity contribution in [3.05, 3.63) is 71.6 Å². The second-order valence-corrected chi connectivity index (χ2v) is 5.12. The van der Waals surface area contributed by atoms with Crippen LogP contribution in [0.5, 0.6) is 0 Å². The van der Waals surface area contributed by atoms with E-state index in [-0.39, 0.29) is 11.6 Å². The molecule has 0 aliphatic heterocycles. The molecule has 0 spiro atoms. The summed E-state index contributed by atoms with van der Waals surface area (Å²) >= 11 is 0. The quantitative estimate of drug-likeness (QED) is 0.776. The number of halogens is 2. The van der Waals surface area contributed by atoms with Crippen LogP contribution >= 0.6 is 0 Å². The molecule has 6 heteroatoms. The van der Waals surface area contributed by atoms with Crippen molar-refractivity contribution < 1.29 is 8.78 Å². The fraction of sp³-hybridized carbons (Fsp3) is 0.176. The maximum absolute atomic E-state index is 13.0. The van der Waals surface area contributed by atoms with E-state index >= 15 is 0 Å². The molecule has 1 N–H and O–H groups in total. The third kappa shape index (κ3) is 3.53. The zero-order chi connectivity index (χ0) is 16.2. The Morgan fingerprint density at radius 2 is 1.52 bits per heavy atom. The number of benzene rings is 2. The van der Waals surface area contributed by atoms with Crippen molar-refractivity contribution in [2.75, 3.05) is 5.32 Å². The molecule has 23 heavy (non-hydrogen) atoms. The van der Waals surface area contributed by atoms with Gasteiger partial charge in [0.25, 0.3) is 0 Å². The molecule has 118 valence electrons. The van der Waals surface area contributed by atoms with Gasteiger partial charge in [-0.15, -0.1) is 10.2 Å². The summed E-state index contributed by atoms with van der Waals surface area (Å²) in [5.41, 5.74) is 1.70. The van der Waals surface area contributed by atoms with Gasteiger partial charge in [-0.05, 0) is 48.9 Å². The summed E-state index contributed by atoms with van der Waals surface area (Å²) in [6.45, 7) is 2.68. The zero-order valence-electron chi connectivity index (χ0n) is 12.6. The van der Waals surface area contributed by atoms with Gasteiger partial charge in [0.15, 0.2) is 0 Å². The highest BCUT2D eigenvalue weighted by atomic mass is 19.1. The fourth-order valence-electron chi connectivity index (χ4n) is 2.34. The maximum atomic E-state index is 13.0. The van der Waals surface area contributed by atoms with Crippen molar-refractivity contribution >= 4 is 11.6 Å². The normalized spacial score (nSPS) is 10.7. The summed E-state index contributed by atoms with van der Waals surface area (Å²) in [7, 11) is 0. The van der Waals surface area contributed by atoms with Gasteiger partial charge in [-0.25, -0.2) is 8.78 Å². The van der Waals surface area contributed by atoms with Gasteiger partial charge in [0.2, 0.25) is 5.95 Å². The average molecular weight is 314 g/mol. The van der Waals surface area contributed by atoms with E-state index in [9.17, 15) is 8.78 Å². The molecule has 3 rings (SSSR count). The first-order chi connectivity index (χ1) is 11.2. The van der Waals surface area contributed by atoms with Gasteiger partial charge in [-0.3, -0.25) is 4.57 Å². The molecular weight excluding hydrogens is 298 g/mol. The molecule has 0 saturated carbocycles. The van der Waals surface area contributed by atoms with E-state index in [0.29, 0.717) is 18.9 Å². The van der Waals surface area contributed by atoms with Gasteiger partial charge in [0, 0.05) is 18.7 Å². The third-order valence-electron chi connectivity index (χ3n) is 3.52. The summed E-state index contributed by atoms with van der Waals surface area (Å²) in [4.78, 5) is 0. The predicted octanol–water partition coefficient (Wildman–Crippen LogP) is 3.91. The van der Waals surface area contributed by atoms with Crippen molar-refractivity contribution in [1.82, 2.24) is 14.8 Å². The average Bonchev–Trinajstić information content (AvgIpc) is 2.93. The molecular formula is C17H16F2N4. The highest BCUT2D eigenvalue weighted by Gasteiger charge is 2.11. The molecule has 4 nitrogen and oxygen atoms in total. The topological polar surface area (TPSA) is 42.7 Å². The lowest BCUT2D eigenvalue weighted by molar-refractivity contribution is 0.626. The fourth-order valence-corrected chi connectivity index (χ4v) is 2.34. The molecule has 0 aliphatic carbocycles. The van der Waals surface area contributed by atoms with E-state index in [1.165, 1.54) is 24.3 Å². The van der Waals surface area contributed by atoms with E-state index in [0.717, 1.165) is 17.1 Å². The van der Waals surface area contributed by atoms with Gasteiger partial charge in [0.1, 0.15) is 17.5 Å². The van der Waals surface area contributed by atoms with Gasteiger partial charge in [-0.2, -0.15) is 0 Å². The standard InChI is InChI=1S/C17H16F2N4/c1-2-23-16(11-12-3-5-13(18)6-4-12)21-22-17(23)20-15-9-7-14(19)8-10-15/h3-10H,2,11H2,1H3,(H,20,22). The molecule has 0 fully saturated rings. The van der Waals surface area contributed by atoms with Crippen LogP contribution in [0.1, 0.15) is 18.3 Å². The minimum absolute atomic E-state index is 0.260. The van der Waals surface area contributed by atoms with E-state index < -0.39 is 0 Å². The van der Waals surface area contributed by atoms with E-state index in [2.05, 4.69) is 15.5 Å². The maximum Gasteiger partial charge on any atom is 0.229 e. The zero-order valence-corrected chi connectivity index (χ0v) is 12.6. The summed E-state index contributed by atoms with van der Waals surface area (Å²) in [6, 6.07) is 12.4. The SMILES string of the molecule is CCn1c(Cc2ccc(F)cc2)nnc1Nc1ccc(F)cc1. The monoisotopic (exact) mass is 314 g/mol. The Kier molecular flexibility index (Phi) is 4.32. The molecule has 0 radical (unpaired) electrons. The van der Waals surface area contributed by atoms with Gasteiger partial charge < -0.3 is 5.32 Å². The molecule has 3 aromatic rings. The smallest absolute Gasteiger partial charge is 0.229 e. The lowest BCUT2D eigenvalue weighted by Gasteiger charge is -2.09. The molecule has 1 heterocycles. The predicted molar refractivity (Wildman–Crippen MR) is 84.6 cm³/mol. The van der Waals surface area contributed by atoms with Crippen LogP contribution in [-0.4, -0.2) is 14.8 Å². The Bertz CT molecular complexity index is 714. The van der Waals surface area contributed by atoms with Crippen LogP contribution in [0.2, 0.25) is 0 Å². The van der Waals surface area contributed by atoms with Crippen LogP contribution in [0.3, 0.4) is 0 Å². The Hall–Kier alpha value is -2.76. The van der Waals surface area contributed by atoms with Crippen LogP contribution in [-0.2, 0) is 13.0 Å². The first-order valence-corrected chi connectivity index (χ1v) is 7.35. The molecule has 1 aromatic heterocycles. The van der Waals surface area contributed by atoms with Gasteiger partial charge in [-0.1, -0.05) is 12.1 Å². The van der Waals surface area contributed by atoms with Crippen molar-refractivity contribution in [3.63, 3.8) is 0 Å². The minimum Gasteiger partial charge on any atom is -0.324 e. The van der Waals surface area contributed by atoms with Crippen LogP contribution < -0.4 is 5.32 Å². The second kappa shape index (κ2) is 6.56. The number of anilines is 2. The van der Waals surface area contributed by atoms with Crippen LogP contribution in [0.4, 0.5) is 20.4 Å². The van der Waals surface area contributed by atoms with Gasteiger partial charge >= 0.3 is 0 Å². The molecule has 0 unspecified atom stereocenters. The highest BCUT2D eigenvalue weighted by molar-refractivity contribution is 5.53. The van der Waals surface area contributed by atoms with Crippen LogP contribution in [0.15, 0.2) is 48.5 Å². The van der Waals surface area contributed by atoms with Crippen molar-refractivity contribution in [3.8, 4) is 0 Å². The van der Waals surface area contributed by atoms with Crippen molar-refractivity contribution in [1.29, 1.82) is 0 Å². The molecule has 0 aliphatic rings. The number of rotatable bonds is 5. The van der Waals surface area contributed by atoms with E-state index in [1.54, 1.807) is 24.3 Å². The highest BCUT2D eigenvalue weighted by Crippen LogP contribution is 2.18. The largest absolute Gasteiger partial charge is 0.324 e. The Morgan fingerprint density at radius 1 is 0.913 bits per heavy atom. The van der Waals surface area contributed by atoms with Crippen LogP contribution in [0, 0.1) is 11.6 Å². The Balaban J connectivity index is 1.81. The number of nitrogens with zero attached hydrogens (tertiary/aromatic N) is 3. The minimum atomic E-state index is -0.287. The molecule has 0 atom stereocenters. The molecule has 0 amide bonds. The Morgan fingerprint density at radius 3 is 2.13 bits per heavy atom. The Labute approximate surface area is 132 Å². The van der Waals surface area contributed by atoms with Crippen molar-refractivity contribution in [2.45, 2.75) is 19.9 Å². The molecule has 0 saturated heterocycles. The first kappa shape index (κ1) is 15.1. The summed E-state index contributed by atoms with van der Waals surface area (Å²) < 4.78 is 27.9. The number of hydrogen-bond donors (Lipinski definition) is 1. The number of aromatic nitrogens is 3. The summed E-state index contributed by atoms with van der Waals surface area (Å²) in [6.07, 6.45) is 0.562. The summed E-state index contributed by atoms with van der Waals surface area (Å²) in [5, 5.41) is 11.5. The van der Waals surface area contributed by atoms with Crippen LogP contribution in [0.25, 0.3) is 0 Å². The number of nitrogens with one attached hydrogen (secondary N) is 1. The third-order valence-corrected chi connectivity index (χ3v) is 3.52.